The van der Waals surface area contributed by atoms with Crippen LogP contribution in [0, 0.1) is 0 Å². The van der Waals surface area contributed by atoms with Crippen molar-refractivity contribution in [1.29, 1.82) is 0 Å². The predicted molar refractivity (Wildman–Crippen MR) is 61.4 cm³/mol. The van der Waals surface area contributed by atoms with Crippen molar-refractivity contribution < 1.29 is 4.79 Å². The quantitative estimate of drug-likeness (QED) is 0.730. The second-order valence-electron chi connectivity index (χ2n) is 3.32. The van der Waals surface area contributed by atoms with Crippen LogP contribution in [-0.4, -0.2) is 22.7 Å². The fourth-order valence-electron chi connectivity index (χ4n) is 1.34. The summed E-state index contributed by atoms with van der Waals surface area (Å²) in [4.78, 5) is 11.3. The standard InChI is InChI=1S/C11H12N4O/c1-13-11(16)10-6-7-15(14-10)9-4-2-8(12)3-5-9/h2-7H,12H2,1H3,(H,13,16). The van der Waals surface area contributed by atoms with Crippen LogP contribution in [0.2, 0.25) is 0 Å². The summed E-state index contributed by atoms with van der Waals surface area (Å²) in [5, 5.41) is 6.67. The highest BCUT2D eigenvalue weighted by atomic mass is 16.1. The first kappa shape index (κ1) is 10.2. The molecule has 0 atom stereocenters. The maximum Gasteiger partial charge on any atom is 0.271 e. The highest BCUT2D eigenvalue weighted by Crippen LogP contribution is 2.10. The maximum absolute atomic E-state index is 11.3. The molecule has 0 aliphatic carbocycles. The molecule has 0 radical (unpaired) electrons. The predicted octanol–water partition coefficient (Wildman–Crippen LogP) is 0.814. The molecule has 5 nitrogen and oxygen atoms in total. The van der Waals surface area contributed by atoms with E-state index >= 15 is 0 Å². The Kier molecular flexibility index (Phi) is 2.59. The minimum Gasteiger partial charge on any atom is -0.399 e. The van der Waals surface area contributed by atoms with Crippen molar-refractivity contribution in [2.24, 2.45) is 0 Å². The first-order valence-electron chi connectivity index (χ1n) is 4.84. The van der Waals surface area contributed by atoms with E-state index in [-0.39, 0.29) is 5.91 Å². The van der Waals surface area contributed by atoms with E-state index in [9.17, 15) is 4.79 Å². The van der Waals surface area contributed by atoms with Crippen LogP contribution in [0.3, 0.4) is 0 Å². The van der Waals surface area contributed by atoms with Gasteiger partial charge in [0.25, 0.3) is 5.91 Å². The number of carbonyl (C=O) groups is 1. The van der Waals surface area contributed by atoms with Crippen LogP contribution >= 0.6 is 0 Å². The summed E-state index contributed by atoms with van der Waals surface area (Å²) in [5.41, 5.74) is 7.54. The van der Waals surface area contributed by atoms with Gasteiger partial charge in [0.2, 0.25) is 0 Å². The molecule has 3 N–H and O–H groups in total. The van der Waals surface area contributed by atoms with Crippen molar-refractivity contribution in [3.05, 3.63) is 42.2 Å². The second kappa shape index (κ2) is 4.06. The van der Waals surface area contributed by atoms with Crippen molar-refractivity contribution in [1.82, 2.24) is 15.1 Å². The smallest absolute Gasteiger partial charge is 0.271 e. The lowest BCUT2D eigenvalue weighted by Crippen LogP contribution is -2.18. The Labute approximate surface area is 92.9 Å². The summed E-state index contributed by atoms with van der Waals surface area (Å²) in [6.07, 6.45) is 1.73. The molecule has 0 aliphatic rings. The van der Waals surface area contributed by atoms with Gasteiger partial charge in [-0.3, -0.25) is 4.79 Å². The topological polar surface area (TPSA) is 72.9 Å². The number of nitrogens with zero attached hydrogens (tertiary/aromatic N) is 2. The number of carbonyl (C=O) groups excluding carboxylic acids is 1. The van der Waals surface area contributed by atoms with Gasteiger partial charge in [-0.15, -0.1) is 0 Å². The normalized spacial score (nSPS) is 10.1. The zero-order chi connectivity index (χ0) is 11.5. The number of amides is 1. The molecule has 1 amide bonds. The lowest BCUT2D eigenvalue weighted by atomic mass is 10.3. The molecule has 16 heavy (non-hydrogen) atoms. The van der Waals surface area contributed by atoms with Crippen LogP contribution in [0.25, 0.3) is 5.69 Å². The van der Waals surface area contributed by atoms with Crippen LogP contribution in [0.15, 0.2) is 36.5 Å². The molecule has 0 saturated carbocycles. The summed E-state index contributed by atoms with van der Waals surface area (Å²) in [5.74, 6) is -0.200. The van der Waals surface area contributed by atoms with E-state index in [0.29, 0.717) is 11.4 Å². The number of hydrogen-bond acceptors (Lipinski definition) is 3. The monoisotopic (exact) mass is 216 g/mol. The summed E-state index contributed by atoms with van der Waals surface area (Å²) < 4.78 is 1.63. The number of aromatic nitrogens is 2. The van der Waals surface area contributed by atoms with Crippen molar-refractivity contribution in [3.8, 4) is 5.69 Å². The SMILES string of the molecule is CNC(=O)c1ccn(-c2ccc(N)cc2)n1. The van der Waals surface area contributed by atoms with Gasteiger partial charge in [-0.05, 0) is 30.3 Å². The Morgan fingerprint density at radius 1 is 1.31 bits per heavy atom. The molecule has 82 valence electrons. The fraction of sp³-hybridized carbons (Fsp3) is 0.0909. The maximum atomic E-state index is 11.3. The van der Waals surface area contributed by atoms with Crippen LogP contribution in [0.1, 0.15) is 10.5 Å². The van der Waals surface area contributed by atoms with E-state index in [0.717, 1.165) is 5.69 Å². The molecule has 0 bridgehead atoms. The van der Waals surface area contributed by atoms with Gasteiger partial charge < -0.3 is 11.1 Å². The van der Waals surface area contributed by atoms with Crippen LogP contribution in [0.4, 0.5) is 5.69 Å². The molecule has 1 aromatic heterocycles. The molecule has 0 fully saturated rings. The van der Waals surface area contributed by atoms with Gasteiger partial charge in [0.15, 0.2) is 5.69 Å². The number of anilines is 1. The number of nitrogens with one attached hydrogen (secondary N) is 1. The summed E-state index contributed by atoms with van der Waals surface area (Å²) in [7, 11) is 1.57. The number of benzene rings is 1. The Morgan fingerprint density at radius 2 is 2.00 bits per heavy atom. The lowest BCUT2D eigenvalue weighted by molar-refractivity contribution is 0.0958. The van der Waals surface area contributed by atoms with Crippen molar-refractivity contribution >= 4 is 11.6 Å². The zero-order valence-corrected chi connectivity index (χ0v) is 8.84. The first-order chi connectivity index (χ1) is 7.70. The highest BCUT2D eigenvalue weighted by Gasteiger charge is 2.07. The van der Waals surface area contributed by atoms with E-state index in [2.05, 4.69) is 10.4 Å². The number of hydrogen-bond donors (Lipinski definition) is 2. The van der Waals surface area contributed by atoms with Gasteiger partial charge in [0.05, 0.1) is 5.69 Å². The van der Waals surface area contributed by atoms with E-state index in [1.807, 2.05) is 12.1 Å². The van der Waals surface area contributed by atoms with E-state index in [1.54, 1.807) is 36.1 Å². The van der Waals surface area contributed by atoms with Crippen LogP contribution < -0.4 is 11.1 Å². The second-order valence-corrected chi connectivity index (χ2v) is 3.32. The Morgan fingerprint density at radius 3 is 2.62 bits per heavy atom. The van der Waals surface area contributed by atoms with Gasteiger partial charge in [-0.25, -0.2) is 4.68 Å². The molecule has 0 spiro atoms. The molecule has 0 saturated heterocycles. The molecule has 2 rings (SSSR count). The minimum absolute atomic E-state index is 0.200. The van der Waals surface area contributed by atoms with Gasteiger partial charge in [0.1, 0.15) is 0 Å². The Bertz CT molecular complexity index is 501. The van der Waals surface area contributed by atoms with Gasteiger partial charge in [-0.1, -0.05) is 0 Å². The zero-order valence-electron chi connectivity index (χ0n) is 8.84. The molecule has 1 heterocycles. The van der Waals surface area contributed by atoms with Crippen molar-refractivity contribution in [2.75, 3.05) is 12.8 Å². The van der Waals surface area contributed by atoms with Gasteiger partial charge in [0, 0.05) is 18.9 Å². The summed E-state index contributed by atoms with van der Waals surface area (Å²) in [6.45, 7) is 0. The number of rotatable bonds is 2. The third-order valence-electron chi connectivity index (χ3n) is 2.21. The third-order valence-corrected chi connectivity index (χ3v) is 2.21. The Balaban J connectivity index is 2.31. The lowest BCUT2D eigenvalue weighted by Gasteiger charge is -2.01. The van der Waals surface area contributed by atoms with E-state index < -0.39 is 0 Å². The largest absolute Gasteiger partial charge is 0.399 e. The molecule has 0 aliphatic heterocycles. The molecular formula is C11H12N4O. The molecule has 1 aromatic carbocycles. The fourth-order valence-corrected chi connectivity index (χ4v) is 1.34. The van der Waals surface area contributed by atoms with E-state index in [1.165, 1.54) is 0 Å². The number of nitrogen functional groups attached to an aromatic ring is 1. The van der Waals surface area contributed by atoms with Crippen LogP contribution in [-0.2, 0) is 0 Å². The highest BCUT2D eigenvalue weighted by molar-refractivity contribution is 5.91. The van der Waals surface area contributed by atoms with Crippen LogP contribution in [0.5, 0.6) is 0 Å². The third kappa shape index (κ3) is 1.88. The number of nitrogens with two attached hydrogens (primary N) is 1. The molecule has 2 aromatic rings. The van der Waals surface area contributed by atoms with Crippen molar-refractivity contribution in [3.63, 3.8) is 0 Å². The summed E-state index contributed by atoms with van der Waals surface area (Å²) in [6, 6.07) is 8.92. The molecular weight excluding hydrogens is 204 g/mol. The molecule has 0 unspecified atom stereocenters. The average Bonchev–Trinajstić information content (AvgIpc) is 2.78. The van der Waals surface area contributed by atoms with E-state index in [4.69, 9.17) is 5.73 Å². The summed E-state index contributed by atoms with van der Waals surface area (Å²) >= 11 is 0. The van der Waals surface area contributed by atoms with Gasteiger partial charge >= 0.3 is 0 Å². The minimum atomic E-state index is -0.200. The van der Waals surface area contributed by atoms with Gasteiger partial charge in [-0.2, -0.15) is 5.10 Å². The first-order valence-corrected chi connectivity index (χ1v) is 4.84. The molecule has 5 heteroatoms. The average molecular weight is 216 g/mol. The van der Waals surface area contributed by atoms with Crippen molar-refractivity contribution in [2.45, 2.75) is 0 Å². The Hall–Kier alpha value is -2.30.